The van der Waals surface area contributed by atoms with Crippen molar-refractivity contribution < 1.29 is 43.0 Å². The lowest BCUT2D eigenvalue weighted by Crippen LogP contribution is -2.48. The van der Waals surface area contributed by atoms with Gasteiger partial charge in [-0.2, -0.15) is 0 Å². The Morgan fingerprint density at radius 1 is 0.966 bits per heavy atom. The van der Waals surface area contributed by atoms with Crippen molar-refractivity contribution in [2.45, 2.75) is 163 Å². The molecule has 58 heavy (non-hydrogen) atoms. The summed E-state index contributed by atoms with van der Waals surface area (Å²) in [5.41, 5.74) is -0.760. The zero-order chi connectivity index (χ0) is 44.1. The molecule has 0 fully saturated rings. The van der Waals surface area contributed by atoms with E-state index in [1.807, 2.05) is 13.8 Å². The summed E-state index contributed by atoms with van der Waals surface area (Å²) in [7, 11) is -1.45. The van der Waals surface area contributed by atoms with Crippen molar-refractivity contribution >= 4 is 66.1 Å². The molecule has 0 aliphatic carbocycles. The fourth-order valence-electron chi connectivity index (χ4n) is 5.15. The lowest BCUT2D eigenvalue weighted by molar-refractivity contribution is -0.156. The Hall–Kier alpha value is -3.50. The number of hydrogen-bond donors (Lipinski definition) is 3. The largest absolute Gasteiger partial charge is 0.466 e. The number of alkyl carbamates (subject to hydrolysis) is 1. The number of ether oxygens (including phenoxy) is 3. The van der Waals surface area contributed by atoms with Crippen LogP contribution in [-0.2, 0) is 33.4 Å². The van der Waals surface area contributed by atoms with E-state index in [-0.39, 0.29) is 35.5 Å². The van der Waals surface area contributed by atoms with E-state index < -0.39 is 67.6 Å². The second kappa shape index (κ2) is 26.6. The summed E-state index contributed by atoms with van der Waals surface area (Å²) in [6.07, 6.45) is 9.49. The first-order chi connectivity index (χ1) is 27.1. The first-order valence-electron chi connectivity index (χ1n) is 20.5. The minimum Gasteiger partial charge on any atom is -0.466 e. The predicted octanol–water partition coefficient (Wildman–Crippen LogP) is 8.89. The average Bonchev–Trinajstić information content (AvgIpc) is 3.60. The predicted molar refractivity (Wildman–Crippen MR) is 235 cm³/mol. The molecule has 1 aromatic rings. The number of hydrogen-bond acceptors (Lipinski definition) is 12. The van der Waals surface area contributed by atoms with Gasteiger partial charge in [0.15, 0.2) is 5.12 Å². The standard InChI is InChI=1S/C42H70N4O9S2Si/c1-13-15-16-17-18-22-34(48)56-24-20-19-21-30(26-33(47)53-23-25-58(10,11)12)54-40(51)36(29(5)6)45-37(49)31(14-2)43-38(50)32-27-57-39(44-32)35(28(3)4)46-41(52)55-42(7,8)9/h14,19,21,27-30,35-36H,13,15-18,20,22-26H2,1-12H3,(H,43,50)(H,45,49)(H,46,52)/b21-19+,31-14-/t30-,35-,36+/m1/s1. The second-order valence-electron chi connectivity index (χ2n) is 17.1. The van der Waals surface area contributed by atoms with Gasteiger partial charge in [0.05, 0.1) is 19.1 Å². The first kappa shape index (κ1) is 52.5. The minimum absolute atomic E-state index is 0.0418. The fraction of sp³-hybridized carbons (Fsp3) is 0.690. The number of carbonyl (C=O) groups is 6. The molecule has 13 nitrogen and oxygen atoms in total. The maximum atomic E-state index is 13.6. The Bertz CT molecular complexity index is 1550. The van der Waals surface area contributed by atoms with Crippen LogP contribution in [0.4, 0.5) is 4.79 Å². The van der Waals surface area contributed by atoms with Crippen molar-refractivity contribution in [3.63, 3.8) is 0 Å². The highest BCUT2D eigenvalue weighted by molar-refractivity contribution is 8.13. The zero-order valence-electron chi connectivity index (χ0n) is 36.9. The average molecular weight is 867 g/mol. The molecule has 3 N–H and O–H groups in total. The van der Waals surface area contributed by atoms with Gasteiger partial charge in [-0.1, -0.05) is 104 Å². The number of allylic oxidation sites excluding steroid dienone is 2. The highest BCUT2D eigenvalue weighted by Gasteiger charge is 2.31. The van der Waals surface area contributed by atoms with Crippen LogP contribution >= 0.6 is 23.1 Å². The molecule has 0 saturated carbocycles. The molecular formula is C42H70N4O9S2Si. The van der Waals surface area contributed by atoms with E-state index >= 15 is 0 Å². The van der Waals surface area contributed by atoms with Crippen molar-refractivity contribution in [3.05, 3.63) is 40.0 Å². The molecule has 0 aromatic carbocycles. The van der Waals surface area contributed by atoms with Gasteiger partial charge in [-0.25, -0.2) is 14.6 Å². The normalized spacial score (nSPS) is 13.9. The minimum atomic E-state index is -1.45. The van der Waals surface area contributed by atoms with Crippen LogP contribution in [0, 0.1) is 11.8 Å². The van der Waals surface area contributed by atoms with Crippen molar-refractivity contribution in [2.24, 2.45) is 11.8 Å². The van der Waals surface area contributed by atoms with Gasteiger partial charge in [0, 0.05) is 25.6 Å². The van der Waals surface area contributed by atoms with Gasteiger partial charge in [-0.15, -0.1) is 11.3 Å². The van der Waals surface area contributed by atoms with Crippen LogP contribution in [0.1, 0.15) is 135 Å². The number of thioether (sulfide) groups is 1. The summed E-state index contributed by atoms with van der Waals surface area (Å²) in [6.45, 7) is 23.1. The van der Waals surface area contributed by atoms with Crippen molar-refractivity contribution in [1.29, 1.82) is 0 Å². The highest BCUT2D eigenvalue weighted by atomic mass is 32.2. The molecule has 0 aliphatic rings. The van der Waals surface area contributed by atoms with E-state index in [2.05, 4.69) is 47.5 Å². The second-order valence-corrected chi connectivity index (χ2v) is 24.8. The Balaban J connectivity index is 3.01. The van der Waals surface area contributed by atoms with E-state index in [1.54, 1.807) is 53.7 Å². The van der Waals surface area contributed by atoms with Crippen LogP contribution in [0.15, 0.2) is 29.3 Å². The molecule has 16 heteroatoms. The Morgan fingerprint density at radius 2 is 1.64 bits per heavy atom. The summed E-state index contributed by atoms with van der Waals surface area (Å²) in [6, 6.07) is -0.852. The molecule has 3 atom stereocenters. The van der Waals surface area contributed by atoms with Gasteiger partial charge in [0.1, 0.15) is 34.1 Å². The third kappa shape index (κ3) is 22.6. The molecule has 0 saturated heterocycles. The molecule has 0 radical (unpaired) electrons. The van der Waals surface area contributed by atoms with Crippen molar-refractivity contribution in [1.82, 2.24) is 20.9 Å². The van der Waals surface area contributed by atoms with Gasteiger partial charge < -0.3 is 30.2 Å². The van der Waals surface area contributed by atoms with Crippen LogP contribution in [0.3, 0.4) is 0 Å². The van der Waals surface area contributed by atoms with Gasteiger partial charge in [0.2, 0.25) is 0 Å². The molecule has 0 unspecified atom stereocenters. The summed E-state index contributed by atoms with van der Waals surface area (Å²) < 4.78 is 16.7. The molecule has 1 heterocycles. The smallest absolute Gasteiger partial charge is 0.408 e. The molecule has 328 valence electrons. The molecule has 0 aliphatic heterocycles. The number of aromatic nitrogens is 1. The monoisotopic (exact) mass is 866 g/mol. The summed E-state index contributed by atoms with van der Waals surface area (Å²) in [5.74, 6) is -2.59. The van der Waals surface area contributed by atoms with E-state index in [1.165, 1.54) is 41.0 Å². The molecule has 0 bridgehead atoms. The van der Waals surface area contributed by atoms with Crippen molar-refractivity contribution in [3.8, 4) is 0 Å². The molecule has 0 spiro atoms. The molecular weight excluding hydrogens is 797 g/mol. The van der Waals surface area contributed by atoms with Crippen LogP contribution in [0.2, 0.25) is 25.7 Å². The zero-order valence-corrected chi connectivity index (χ0v) is 39.5. The SMILES string of the molecule is C/C=C(\NC(=O)c1csc([C@H](NC(=O)OC(C)(C)C)C(C)C)n1)C(=O)N[C@H](C(=O)O[C@H](/C=C/CCSC(=O)CCCCCCC)CC(=O)OCC[Si](C)(C)C)C(C)C. The number of rotatable bonds is 25. The number of carbonyl (C=O) groups excluding carboxylic acids is 6. The van der Waals surface area contributed by atoms with E-state index in [9.17, 15) is 28.8 Å². The number of nitrogens with one attached hydrogen (secondary N) is 3. The van der Waals surface area contributed by atoms with E-state index in [0.717, 1.165) is 31.7 Å². The number of amides is 3. The third-order valence-electron chi connectivity index (χ3n) is 8.48. The number of thiazole rings is 1. The number of esters is 2. The van der Waals surface area contributed by atoms with Gasteiger partial charge in [-0.05, 0) is 64.5 Å². The van der Waals surface area contributed by atoms with Crippen LogP contribution in [0.5, 0.6) is 0 Å². The highest BCUT2D eigenvalue weighted by Crippen LogP contribution is 2.26. The Morgan fingerprint density at radius 3 is 2.22 bits per heavy atom. The quantitative estimate of drug-likeness (QED) is 0.0213. The maximum Gasteiger partial charge on any atom is 0.408 e. The lowest BCUT2D eigenvalue weighted by atomic mass is 10.0. The van der Waals surface area contributed by atoms with Gasteiger partial charge in [0.25, 0.3) is 11.8 Å². The van der Waals surface area contributed by atoms with Gasteiger partial charge in [-0.3, -0.25) is 19.2 Å². The van der Waals surface area contributed by atoms with Crippen LogP contribution in [0.25, 0.3) is 0 Å². The fourth-order valence-corrected chi connectivity index (χ4v) is 7.65. The van der Waals surface area contributed by atoms with E-state index in [0.29, 0.717) is 23.6 Å². The lowest BCUT2D eigenvalue weighted by Gasteiger charge is -2.24. The van der Waals surface area contributed by atoms with Crippen molar-refractivity contribution in [2.75, 3.05) is 12.4 Å². The molecule has 3 amide bonds. The van der Waals surface area contributed by atoms with Crippen LogP contribution in [-0.4, -0.2) is 78.1 Å². The molecule has 1 aromatic heterocycles. The Labute approximate surface area is 356 Å². The summed E-state index contributed by atoms with van der Waals surface area (Å²) in [4.78, 5) is 82.4. The Kier molecular flexibility index (Phi) is 24.1. The number of unbranched alkanes of at least 4 members (excludes halogenated alkanes) is 4. The van der Waals surface area contributed by atoms with Gasteiger partial charge >= 0.3 is 18.0 Å². The molecule has 1 rings (SSSR count). The summed E-state index contributed by atoms with van der Waals surface area (Å²) >= 11 is 2.46. The maximum absolute atomic E-state index is 13.6. The third-order valence-corrected chi connectivity index (χ3v) is 12.1. The topological polar surface area (TPSA) is 179 Å². The van der Waals surface area contributed by atoms with E-state index in [4.69, 9.17) is 14.2 Å². The van der Waals surface area contributed by atoms with Crippen LogP contribution < -0.4 is 16.0 Å². The first-order valence-corrected chi connectivity index (χ1v) is 26.1. The number of nitrogens with zero attached hydrogens (tertiary/aromatic N) is 1. The summed E-state index contributed by atoms with van der Waals surface area (Å²) in [5, 5.41) is 10.2.